The Balaban J connectivity index is 1.61. The van der Waals surface area contributed by atoms with Gasteiger partial charge in [0.1, 0.15) is 12.4 Å². The summed E-state index contributed by atoms with van der Waals surface area (Å²) in [4.78, 5) is 27.4. The molecule has 9 heteroatoms. The third-order valence-corrected chi connectivity index (χ3v) is 4.99. The Morgan fingerprint density at radius 1 is 1.23 bits per heavy atom. The van der Waals surface area contributed by atoms with Crippen molar-refractivity contribution in [2.24, 2.45) is 0 Å². The maximum Gasteiger partial charge on any atom is 0.416 e. The third kappa shape index (κ3) is 3.16. The summed E-state index contributed by atoms with van der Waals surface area (Å²) in [7, 11) is 0. The smallest absolute Gasteiger partial charge is 0.416 e. The van der Waals surface area contributed by atoms with Crippen LogP contribution >= 0.6 is 11.3 Å². The van der Waals surface area contributed by atoms with Crippen LogP contribution in [0.25, 0.3) is 10.6 Å². The van der Waals surface area contributed by atoms with Crippen LogP contribution < -0.4 is 10.2 Å². The van der Waals surface area contributed by atoms with E-state index in [-0.39, 0.29) is 11.8 Å². The minimum absolute atomic E-state index is 0.193. The van der Waals surface area contributed by atoms with E-state index < -0.39 is 0 Å². The monoisotopic (exact) mass is 369 g/mol. The molecule has 1 aliphatic heterocycles. The van der Waals surface area contributed by atoms with Crippen LogP contribution in [0.3, 0.4) is 0 Å². The number of nitrogens with one attached hydrogen (secondary N) is 1. The highest BCUT2D eigenvalue weighted by Crippen LogP contribution is 2.35. The molecule has 0 bridgehead atoms. The number of carbonyl (C=O) groups excluding carboxylic acids is 1. The van der Waals surface area contributed by atoms with Crippen LogP contribution in [-0.2, 0) is 4.74 Å². The number of hydrogen-bond donors (Lipinski definition) is 2. The Hall–Kier alpha value is -3.20. The standard InChI is InChI=1S/C17H15N5O3S/c1-10-14(26-16(19-10)22-8-9-25-17(22)24)13-6-7-18-15(21-13)20-11-2-4-12(23)5-3-11/h2-7,23H,8-9H2,1H3,(H,18,20,21). The van der Waals surface area contributed by atoms with Crippen LogP contribution in [0, 0.1) is 6.92 Å². The first-order chi connectivity index (χ1) is 12.6. The Morgan fingerprint density at radius 2 is 2.04 bits per heavy atom. The Morgan fingerprint density at radius 3 is 2.77 bits per heavy atom. The van der Waals surface area contributed by atoms with E-state index in [0.717, 1.165) is 22.0 Å². The van der Waals surface area contributed by atoms with Gasteiger partial charge in [-0.15, -0.1) is 0 Å². The van der Waals surface area contributed by atoms with Crippen molar-refractivity contribution in [3.8, 4) is 16.3 Å². The second-order valence-electron chi connectivity index (χ2n) is 5.61. The second kappa shape index (κ2) is 6.60. The number of thiazole rings is 1. The van der Waals surface area contributed by atoms with Gasteiger partial charge in [0, 0.05) is 11.9 Å². The van der Waals surface area contributed by atoms with E-state index in [1.54, 1.807) is 36.5 Å². The highest BCUT2D eigenvalue weighted by molar-refractivity contribution is 7.19. The van der Waals surface area contributed by atoms with Gasteiger partial charge >= 0.3 is 6.09 Å². The van der Waals surface area contributed by atoms with E-state index in [2.05, 4.69) is 20.3 Å². The van der Waals surface area contributed by atoms with Gasteiger partial charge in [-0.2, -0.15) is 0 Å². The van der Waals surface area contributed by atoms with Gasteiger partial charge in [-0.3, -0.25) is 0 Å². The van der Waals surface area contributed by atoms with E-state index in [0.29, 0.717) is 24.2 Å². The highest BCUT2D eigenvalue weighted by atomic mass is 32.1. The number of phenols is 1. The maximum absolute atomic E-state index is 11.7. The Labute approximate surface area is 153 Å². The van der Waals surface area contributed by atoms with Crippen LogP contribution in [0.2, 0.25) is 0 Å². The average molecular weight is 369 g/mol. The number of nitrogens with zero attached hydrogens (tertiary/aromatic N) is 4. The van der Waals surface area contributed by atoms with E-state index in [1.165, 1.54) is 16.2 Å². The molecule has 3 aromatic rings. The number of hydrogen-bond acceptors (Lipinski definition) is 8. The van der Waals surface area contributed by atoms with Gasteiger partial charge in [-0.25, -0.2) is 24.6 Å². The van der Waals surface area contributed by atoms with E-state index >= 15 is 0 Å². The molecule has 4 rings (SSSR count). The van der Waals surface area contributed by atoms with Crippen molar-refractivity contribution in [3.63, 3.8) is 0 Å². The van der Waals surface area contributed by atoms with Gasteiger partial charge in [-0.05, 0) is 37.3 Å². The van der Waals surface area contributed by atoms with Gasteiger partial charge in [-0.1, -0.05) is 11.3 Å². The topological polar surface area (TPSA) is 100 Å². The molecular formula is C17H15N5O3S. The van der Waals surface area contributed by atoms with E-state index in [4.69, 9.17) is 4.74 Å². The molecule has 2 N–H and O–H groups in total. The number of carbonyl (C=O) groups is 1. The van der Waals surface area contributed by atoms with Gasteiger partial charge in [0.05, 0.1) is 22.8 Å². The fourth-order valence-corrected chi connectivity index (χ4v) is 3.57. The average Bonchev–Trinajstić information content (AvgIpc) is 3.23. The molecule has 1 fully saturated rings. The van der Waals surface area contributed by atoms with Crippen molar-refractivity contribution in [1.82, 2.24) is 15.0 Å². The van der Waals surface area contributed by atoms with Crippen LogP contribution in [0.5, 0.6) is 5.75 Å². The molecule has 1 saturated heterocycles. The summed E-state index contributed by atoms with van der Waals surface area (Å²) in [5.41, 5.74) is 2.27. The number of anilines is 3. The first-order valence-corrected chi connectivity index (χ1v) is 8.73. The molecule has 8 nitrogen and oxygen atoms in total. The second-order valence-corrected chi connectivity index (χ2v) is 6.59. The zero-order chi connectivity index (χ0) is 18.1. The first-order valence-electron chi connectivity index (χ1n) is 7.91. The summed E-state index contributed by atoms with van der Waals surface area (Å²) in [6.45, 7) is 2.76. The minimum atomic E-state index is -0.373. The first kappa shape index (κ1) is 16.3. The summed E-state index contributed by atoms with van der Waals surface area (Å²) in [5.74, 6) is 0.626. The number of aromatic hydroxyl groups is 1. The molecule has 0 unspecified atom stereocenters. The van der Waals surface area contributed by atoms with Gasteiger partial charge in [0.25, 0.3) is 0 Å². The van der Waals surface area contributed by atoms with Crippen LogP contribution in [0.1, 0.15) is 5.69 Å². The van der Waals surface area contributed by atoms with Gasteiger partial charge < -0.3 is 15.2 Å². The molecule has 2 aromatic heterocycles. The maximum atomic E-state index is 11.7. The molecule has 0 atom stereocenters. The molecule has 0 saturated carbocycles. The van der Waals surface area contributed by atoms with Crippen molar-refractivity contribution in [2.45, 2.75) is 6.92 Å². The number of ether oxygens (including phenoxy) is 1. The molecule has 26 heavy (non-hydrogen) atoms. The van der Waals surface area contributed by atoms with Gasteiger partial charge in [0.2, 0.25) is 5.95 Å². The molecule has 3 heterocycles. The van der Waals surface area contributed by atoms with Crippen molar-refractivity contribution >= 4 is 34.2 Å². The minimum Gasteiger partial charge on any atom is -0.508 e. The number of cyclic esters (lactones) is 1. The normalized spacial score (nSPS) is 13.7. The summed E-state index contributed by atoms with van der Waals surface area (Å²) in [5, 5.41) is 13.1. The van der Waals surface area contributed by atoms with Crippen LogP contribution in [0.15, 0.2) is 36.5 Å². The summed E-state index contributed by atoms with van der Waals surface area (Å²) in [6, 6.07) is 8.44. The van der Waals surface area contributed by atoms with E-state index in [1.807, 2.05) is 6.92 Å². The largest absolute Gasteiger partial charge is 0.508 e. The molecule has 0 spiro atoms. The van der Waals surface area contributed by atoms with Crippen LogP contribution in [0.4, 0.5) is 21.6 Å². The predicted octanol–water partition coefficient (Wildman–Crippen LogP) is 3.31. The van der Waals surface area contributed by atoms with Gasteiger partial charge in [0.15, 0.2) is 5.13 Å². The van der Waals surface area contributed by atoms with Crippen molar-refractivity contribution in [1.29, 1.82) is 0 Å². The number of aryl methyl sites for hydroxylation is 1. The molecule has 1 aliphatic rings. The third-order valence-electron chi connectivity index (χ3n) is 3.79. The quantitative estimate of drug-likeness (QED) is 0.680. The lowest BCUT2D eigenvalue weighted by Crippen LogP contribution is -2.22. The van der Waals surface area contributed by atoms with E-state index in [9.17, 15) is 9.90 Å². The molecule has 1 amide bonds. The number of aromatic nitrogens is 3. The fraction of sp³-hybridized carbons (Fsp3) is 0.176. The van der Waals surface area contributed by atoms with Crippen molar-refractivity contribution < 1.29 is 14.6 Å². The van der Waals surface area contributed by atoms with Crippen molar-refractivity contribution in [3.05, 3.63) is 42.2 Å². The highest BCUT2D eigenvalue weighted by Gasteiger charge is 2.27. The Kier molecular flexibility index (Phi) is 4.13. The molecule has 1 aromatic carbocycles. The van der Waals surface area contributed by atoms with Crippen molar-refractivity contribution in [2.75, 3.05) is 23.4 Å². The zero-order valence-corrected chi connectivity index (χ0v) is 14.7. The molecule has 0 radical (unpaired) electrons. The molecular weight excluding hydrogens is 354 g/mol. The zero-order valence-electron chi connectivity index (χ0n) is 13.8. The number of amides is 1. The number of rotatable bonds is 4. The lowest BCUT2D eigenvalue weighted by molar-refractivity contribution is 0.181. The molecule has 0 aliphatic carbocycles. The fourth-order valence-electron chi connectivity index (χ4n) is 2.52. The number of phenolic OH excluding ortho intramolecular Hbond substituents is 1. The molecule has 132 valence electrons. The summed E-state index contributed by atoms with van der Waals surface area (Å²) < 4.78 is 4.97. The summed E-state index contributed by atoms with van der Waals surface area (Å²) >= 11 is 1.39. The van der Waals surface area contributed by atoms with Crippen LogP contribution in [-0.4, -0.2) is 39.3 Å². The lowest BCUT2D eigenvalue weighted by Gasteiger charge is -2.07. The Bertz CT molecular complexity index is 957. The summed E-state index contributed by atoms with van der Waals surface area (Å²) in [6.07, 6.45) is 1.29. The predicted molar refractivity (Wildman–Crippen MR) is 98.0 cm³/mol. The lowest BCUT2D eigenvalue weighted by atomic mass is 10.3. The number of benzene rings is 1. The SMILES string of the molecule is Cc1nc(N2CCOC2=O)sc1-c1ccnc(Nc2ccc(O)cc2)n1.